The second-order valence-corrected chi connectivity index (χ2v) is 9.22. The Hall–Kier alpha value is -4.18. The maximum absolute atomic E-state index is 13.1. The topological polar surface area (TPSA) is 52.2 Å². The van der Waals surface area contributed by atoms with E-state index in [2.05, 4.69) is 37.5 Å². The fourth-order valence-corrected chi connectivity index (χ4v) is 5.31. The van der Waals surface area contributed by atoms with Crippen molar-refractivity contribution in [2.75, 3.05) is 0 Å². The Kier molecular flexibility index (Phi) is 4.30. The molecule has 0 unspecified atom stereocenters. The monoisotopic (exact) mass is 445 g/mol. The zero-order chi connectivity index (χ0) is 23.7. The van der Waals surface area contributed by atoms with Crippen molar-refractivity contribution in [2.45, 2.75) is 20.8 Å². The van der Waals surface area contributed by atoms with Crippen LogP contribution < -0.4 is 0 Å². The molecule has 6 rings (SSSR count). The van der Waals surface area contributed by atoms with Crippen LogP contribution in [0, 0.1) is 20.8 Å². The SMILES string of the molecule is Cc1cc(C)c(-c2cc3oc(C=C4C(=O)c5cc6ccccc6cc5C4=O)cc3n2C)c(C)c1. The van der Waals surface area contributed by atoms with Crippen LogP contribution in [0.1, 0.15) is 43.2 Å². The fraction of sp³-hybridized carbons (Fsp3) is 0.133. The van der Waals surface area contributed by atoms with E-state index in [0.717, 1.165) is 27.6 Å². The Labute approximate surface area is 197 Å². The number of furan rings is 1. The number of aromatic nitrogens is 1. The molecule has 0 saturated heterocycles. The van der Waals surface area contributed by atoms with E-state index in [9.17, 15) is 9.59 Å². The predicted molar refractivity (Wildman–Crippen MR) is 135 cm³/mol. The molecule has 5 aromatic rings. The number of hydrogen-bond donors (Lipinski definition) is 0. The molecule has 0 radical (unpaired) electrons. The second-order valence-electron chi connectivity index (χ2n) is 9.22. The Morgan fingerprint density at radius 1 is 0.794 bits per heavy atom. The summed E-state index contributed by atoms with van der Waals surface area (Å²) in [7, 11) is 2.01. The van der Waals surface area contributed by atoms with Crippen molar-refractivity contribution in [3.05, 3.63) is 99.8 Å². The van der Waals surface area contributed by atoms with Gasteiger partial charge in [-0.1, -0.05) is 42.0 Å². The molecule has 1 aliphatic carbocycles. The summed E-state index contributed by atoms with van der Waals surface area (Å²) in [5, 5.41) is 1.89. The first kappa shape index (κ1) is 20.4. The summed E-state index contributed by atoms with van der Waals surface area (Å²) in [6.45, 7) is 6.35. The number of carbonyl (C=O) groups is 2. The minimum absolute atomic E-state index is 0.148. The molecule has 4 nitrogen and oxygen atoms in total. The van der Waals surface area contributed by atoms with Gasteiger partial charge in [-0.2, -0.15) is 0 Å². The molecule has 0 atom stereocenters. The maximum Gasteiger partial charge on any atom is 0.197 e. The molecule has 0 aliphatic heterocycles. The van der Waals surface area contributed by atoms with Crippen LogP contribution in [0.15, 0.2) is 70.7 Å². The third-order valence-corrected chi connectivity index (χ3v) is 6.83. The second kappa shape index (κ2) is 7.16. The van der Waals surface area contributed by atoms with Gasteiger partial charge in [0.15, 0.2) is 17.1 Å². The zero-order valence-corrected chi connectivity index (χ0v) is 19.5. The molecule has 0 N–H and O–H groups in total. The van der Waals surface area contributed by atoms with Crippen molar-refractivity contribution in [3.8, 4) is 11.3 Å². The van der Waals surface area contributed by atoms with Crippen molar-refractivity contribution in [3.63, 3.8) is 0 Å². The smallest absolute Gasteiger partial charge is 0.197 e. The fourth-order valence-electron chi connectivity index (χ4n) is 5.31. The maximum atomic E-state index is 13.1. The first-order chi connectivity index (χ1) is 16.3. The average molecular weight is 446 g/mol. The Balaban J connectivity index is 1.42. The summed E-state index contributed by atoms with van der Waals surface area (Å²) >= 11 is 0. The van der Waals surface area contributed by atoms with Gasteiger partial charge in [-0.15, -0.1) is 0 Å². The van der Waals surface area contributed by atoms with Gasteiger partial charge in [-0.25, -0.2) is 0 Å². The summed E-state index contributed by atoms with van der Waals surface area (Å²) in [6.07, 6.45) is 1.58. The van der Waals surface area contributed by atoms with Crippen LogP contribution in [-0.4, -0.2) is 16.1 Å². The molecule has 0 fully saturated rings. The predicted octanol–water partition coefficient (Wildman–Crippen LogP) is 6.98. The molecule has 0 amide bonds. The van der Waals surface area contributed by atoms with Gasteiger partial charge in [0.2, 0.25) is 0 Å². The van der Waals surface area contributed by atoms with Crippen LogP contribution in [0.25, 0.3) is 39.2 Å². The quantitative estimate of drug-likeness (QED) is 0.218. The van der Waals surface area contributed by atoms with E-state index < -0.39 is 0 Å². The number of allylic oxidation sites excluding steroid dienone is 1. The van der Waals surface area contributed by atoms with Gasteiger partial charge >= 0.3 is 0 Å². The lowest BCUT2D eigenvalue weighted by atomic mass is 9.97. The van der Waals surface area contributed by atoms with Crippen LogP contribution in [0.5, 0.6) is 0 Å². The lowest BCUT2D eigenvalue weighted by Crippen LogP contribution is -2.00. The van der Waals surface area contributed by atoms with Crippen LogP contribution in [-0.2, 0) is 7.05 Å². The summed E-state index contributed by atoms with van der Waals surface area (Å²) < 4.78 is 8.19. The molecule has 34 heavy (non-hydrogen) atoms. The number of rotatable bonds is 2. The lowest BCUT2D eigenvalue weighted by Gasteiger charge is -2.12. The summed E-state index contributed by atoms with van der Waals surface area (Å²) in [4.78, 5) is 26.2. The Bertz CT molecular complexity index is 1650. The summed E-state index contributed by atoms with van der Waals surface area (Å²) in [5.41, 5.74) is 8.66. The van der Waals surface area contributed by atoms with Crippen LogP contribution in [0.3, 0.4) is 0 Å². The molecule has 2 aromatic heterocycles. The highest BCUT2D eigenvalue weighted by Gasteiger charge is 2.33. The minimum Gasteiger partial charge on any atom is -0.455 e. The third kappa shape index (κ3) is 2.92. The number of nitrogens with zero attached hydrogens (tertiary/aromatic N) is 1. The highest BCUT2D eigenvalue weighted by molar-refractivity contribution is 6.42. The van der Waals surface area contributed by atoms with Gasteiger partial charge in [-0.3, -0.25) is 9.59 Å². The third-order valence-electron chi connectivity index (χ3n) is 6.83. The van der Waals surface area contributed by atoms with Crippen LogP contribution in [0.4, 0.5) is 0 Å². The van der Waals surface area contributed by atoms with Gasteiger partial charge in [0.25, 0.3) is 0 Å². The number of ketones is 2. The van der Waals surface area contributed by atoms with Gasteiger partial charge in [0.1, 0.15) is 5.76 Å². The number of fused-ring (bicyclic) bond motifs is 3. The minimum atomic E-state index is -0.252. The largest absolute Gasteiger partial charge is 0.455 e. The molecule has 0 spiro atoms. The number of hydrogen-bond acceptors (Lipinski definition) is 3. The van der Waals surface area contributed by atoms with Crippen molar-refractivity contribution >= 4 is 39.5 Å². The summed E-state index contributed by atoms with van der Waals surface area (Å²) in [6, 6.07) is 19.7. The Morgan fingerprint density at radius 2 is 1.38 bits per heavy atom. The molecule has 166 valence electrons. The van der Waals surface area contributed by atoms with Gasteiger partial charge in [0.05, 0.1) is 16.8 Å². The summed E-state index contributed by atoms with van der Waals surface area (Å²) in [5.74, 6) is -0.00540. The van der Waals surface area contributed by atoms with E-state index in [1.807, 2.05) is 55.6 Å². The lowest BCUT2D eigenvalue weighted by molar-refractivity contribution is 0.0990. The highest BCUT2D eigenvalue weighted by atomic mass is 16.3. The molecule has 3 aromatic carbocycles. The van der Waals surface area contributed by atoms with Crippen LogP contribution >= 0.6 is 0 Å². The molecule has 0 saturated carbocycles. The van der Waals surface area contributed by atoms with Gasteiger partial charge in [0, 0.05) is 35.9 Å². The Morgan fingerprint density at radius 3 is 1.94 bits per heavy atom. The zero-order valence-electron chi connectivity index (χ0n) is 19.5. The van der Waals surface area contributed by atoms with E-state index in [-0.39, 0.29) is 17.1 Å². The van der Waals surface area contributed by atoms with E-state index >= 15 is 0 Å². The number of benzene rings is 3. The average Bonchev–Trinajstić information content (AvgIpc) is 3.40. The first-order valence-electron chi connectivity index (χ1n) is 11.3. The van der Waals surface area contributed by atoms with E-state index in [0.29, 0.717) is 16.9 Å². The molecule has 4 heteroatoms. The highest BCUT2D eigenvalue weighted by Crippen LogP contribution is 2.36. The normalized spacial score (nSPS) is 13.4. The van der Waals surface area contributed by atoms with E-state index in [4.69, 9.17) is 4.42 Å². The first-order valence-corrected chi connectivity index (χ1v) is 11.3. The molecule has 2 heterocycles. The van der Waals surface area contributed by atoms with E-state index in [1.54, 1.807) is 6.08 Å². The molecule has 0 bridgehead atoms. The van der Waals surface area contributed by atoms with Gasteiger partial charge < -0.3 is 8.98 Å². The van der Waals surface area contributed by atoms with Crippen molar-refractivity contribution in [2.24, 2.45) is 7.05 Å². The van der Waals surface area contributed by atoms with Crippen molar-refractivity contribution < 1.29 is 14.0 Å². The van der Waals surface area contributed by atoms with Crippen LogP contribution in [0.2, 0.25) is 0 Å². The number of carbonyl (C=O) groups excluding carboxylic acids is 2. The molecule has 1 aliphatic rings. The van der Waals surface area contributed by atoms with E-state index in [1.165, 1.54) is 22.3 Å². The van der Waals surface area contributed by atoms with Crippen molar-refractivity contribution in [1.29, 1.82) is 0 Å². The van der Waals surface area contributed by atoms with Crippen molar-refractivity contribution in [1.82, 2.24) is 4.57 Å². The van der Waals surface area contributed by atoms with Gasteiger partial charge in [-0.05, 0) is 60.9 Å². The standard InChI is InChI=1S/C30H23NO3/c1-16-9-17(2)28(18(3)10-16)26-15-27-25(31(26)4)14-21(34-27)13-24-29(32)22-11-19-7-5-6-8-20(19)12-23(22)30(24)33/h5-15H,1-4H3. The number of Topliss-reactive ketones (excluding diaryl/α,β-unsaturated/α-hetero) is 2. The molecular formula is C30H23NO3. The molecular weight excluding hydrogens is 422 g/mol. The number of aryl methyl sites for hydroxylation is 4.